The third kappa shape index (κ3) is 4.28. The van der Waals surface area contributed by atoms with Crippen LogP contribution in [0.2, 0.25) is 0 Å². The Hall–Kier alpha value is -0.940. The van der Waals surface area contributed by atoms with Gasteiger partial charge in [-0.15, -0.1) is 11.3 Å². The van der Waals surface area contributed by atoms with Crippen molar-refractivity contribution < 1.29 is 9.90 Å². The summed E-state index contributed by atoms with van der Waals surface area (Å²) in [6.07, 6.45) is 5.19. The zero-order chi connectivity index (χ0) is 14.5. The van der Waals surface area contributed by atoms with Gasteiger partial charge >= 0.3 is 5.97 Å². The van der Waals surface area contributed by atoms with Gasteiger partial charge in [0.25, 0.3) is 0 Å². The number of aromatic nitrogens is 1. The molecule has 1 aromatic rings. The van der Waals surface area contributed by atoms with Crippen LogP contribution in [0.5, 0.6) is 0 Å². The van der Waals surface area contributed by atoms with E-state index in [4.69, 9.17) is 5.11 Å². The largest absolute Gasteiger partial charge is 0.481 e. The van der Waals surface area contributed by atoms with E-state index in [1.807, 2.05) is 0 Å². The van der Waals surface area contributed by atoms with Gasteiger partial charge in [0.05, 0.1) is 17.1 Å². The van der Waals surface area contributed by atoms with Gasteiger partial charge in [0.1, 0.15) is 0 Å². The van der Waals surface area contributed by atoms with Crippen LogP contribution in [0.15, 0.2) is 0 Å². The molecule has 5 heteroatoms. The fraction of sp³-hybridized carbons (Fsp3) is 0.733. The molecule has 1 aliphatic heterocycles. The highest BCUT2D eigenvalue weighted by molar-refractivity contribution is 7.11. The summed E-state index contributed by atoms with van der Waals surface area (Å²) in [7, 11) is 0. The number of hydrogen-bond donors (Lipinski definition) is 1. The quantitative estimate of drug-likeness (QED) is 0.906. The van der Waals surface area contributed by atoms with Crippen molar-refractivity contribution in [3.8, 4) is 0 Å². The highest BCUT2D eigenvalue weighted by Crippen LogP contribution is 2.27. The molecule has 112 valence electrons. The predicted molar refractivity (Wildman–Crippen MR) is 81.3 cm³/mol. The predicted octanol–water partition coefficient (Wildman–Crippen LogP) is 3.27. The Balaban J connectivity index is 2.12. The van der Waals surface area contributed by atoms with Crippen molar-refractivity contribution in [1.82, 2.24) is 9.88 Å². The van der Waals surface area contributed by atoms with Gasteiger partial charge in [-0.2, -0.15) is 0 Å². The smallest absolute Gasteiger partial charge is 0.309 e. The zero-order valence-corrected chi connectivity index (χ0v) is 13.2. The molecular weight excluding hydrogens is 272 g/mol. The average molecular weight is 296 g/mol. The minimum absolute atomic E-state index is 0.0480. The lowest BCUT2D eigenvalue weighted by atomic mass is 10.2. The molecule has 0 atom stereocenters. The summed E-state index contributed by atoms with van der Waals surface area (Å²) in [6, 6.07) is 0. The molecule has 0 bridgehead atoms. The first-order chi connectivity index (χ1) is 9.56. The van der Waals surface area contributed by atoms with Gasteiger partial charge < -0.3 is 5.11 Å². The van der Waals surface area contributed by atoms with E-state index in [1.54, 1.807) is 11.3 Å². The summed E-state index contributed by atoms with van der Waals surface area (Å²) < 4.78 is 0. The SMILES string of the molecule is CC(C)c1nc(CC(=O)O)c(CN2CCCCCC2)s1. The second-order valence-corrected chi connectivity index (χ2v) is 6.95. The summed E-state index contributed by atoms with van der Waals surface area (Å²) in [6.45, 7) is 7.34. The summed E-state index contributed by atoms with van der Waals surface area (Å²) >= 11 is 1.69. The number of rotatable bonds is 5. The van der Waals surface area contributed by atoms with Crippen molar-refractivity contribution in [2.45, 2.75) is 58.4 Å². The van der Waals surface area contributed by atoms with E-state index in [-0.39, 0.29) is 6.42 Å². The monoisotopic (exact) mass is 296 g/mol. The van der Waals surface area contributed by atoms with Crippen LogP contribution in [0.25, 0.3) is 0 Å². The van der Waals surface area contributed by atoms with Gasteiger partial charge in [-0.05, 0) is 25.9 Å². The van der Waals surface area contributed by atoms with Gasteiger partial charge in [0, 0.05) is 17.3 Å². The number of thiazole rings is 1. The lowest BCUT2D eigenvalue weighted by Crippen LogP contribution is -2.24. The number of carboxylic acids is 1. The van der Waals surface area contributed by atoms with Gasteiger partial charge in [-0.1, -0.05) is 26.7 Å². The molecule has 0 radical (unpaired) electrons. The van der Waals surface area contributed by atoms with E-state index in [2.05, 4.69) is 23.7 Å². The fourth-order valence-electron chi connectivity index (χ4n) is 2.55. The molecule has 1 saturated heterocycles. The molecule has 0 aliphatic carbocycles. The molecule has 2 heterocycles. The van der Waals surface area contributed by atoms with Crippen LogP contribution >= 0.6 is 11.3 Å². The zero-order valence-electron chi connectivity index (χ0n) is 12.4. The van der Waals surface area contributed by atoms with Crippen molar-refractivity contribution in [1.29, 1.82) is 0 Å². The van der Waals surface area contributed by atoms with E-state index in [0.29, 0.717) is 5.92 Å². The van der Waals surface area contributed by atoms with E-state index >= 15 is 0 Å². The van der Waals surface area contributed by atoms with E-state index in [1.165, 1.54) is 25.7 Å². The Morgan fingerprint density at radius 3 is 2.50 bits per heavy atom. The van der Waals surface area contributed by atoms with Crippen LogP contribution in [-0.2, 0) is 17.8 Å². The first-order valence-corrected chi connectivity index (χ1v) is 8.30. The highest BCUT2D eigenvalue weighted by atomic mass is 32.1. The molecule has 20 heavy (non-hydrogen) atoms. The maximum absolute atomic E-state index is 11.0. The van der Waals surface area contributed by atoms with Crippen molar-refractivity contribution in [2.24, 2.45) is 0 Å². The van der Waals surface area contributed by atoms with Crippen molar-refractivity contribution in [3.05, 3.63) is 15.6 Å². The van der Waals surface area contributed by atoms with Crippen molar-refractivity contribution in [3.63, 3.8) is 0 Å². The topological polar surface area (TPSA) is 53.4 Å². The molecule has 1 N–H and O–H groups in total. The fourth-order valence-corrected chi connectivity index (χ4v) is 3.68. The average Bonchev–Trinajstić information content (AvgIpc) is 2.60. The molecule has 4 nitrogen and oxygen atoms in total. The van der Waals surface area contributed by atoms with Crippen LogP contribution in [0.3, 0.4) is 0 Å². The normalized spacial score (nSPS) is 17.4. The first-order valence-electron chi connectivity index (χ1n) is 7.49. The Bertz CT molecular complexity index is 449. The second-order valence-electron chi connectivity index (χ2n) is 5.84. The molecule has 1 aliphatic rings. The van der Waals surface area contributed by atoms with Crippen LogP contribution in [-0.4, -0.2) is 34.0 Å². The summed E-state index contributed by atoms with van der Waals surface area (Å²) in [4.78, 5) is 19.2. The lowest BCUT2D eigenvalue weighted by Gasteiger charge is -2.19. The minimum atomic E-state index is -0.789. The summed E-state index contributed by atoms with van der Waals surface area (Å²) in [5.41, 5.74) is 0.774. The molecule has 1 aromatic heterocycles. The summed E-state index contributed by atoms with van der Waals surface area (Å²) in [5.74, 6) is -0.423. The third-order valence-corrected chi connectivity index (χ3v) is 5.06. The van der Waals surface area contributed by atoms with Gasteiger partial charge in [0.2, 0.25) is 0 Å². The Labute approximate surface area is 124 Å². The molecule has 0 amide bonds. The highest BCUT2D eigenvalue weighted by Gasteiger charge is 2.18. The Kier molecular flexibility index (Phi) is 5.54. The van der Waals surface area contributed by atoms with Gasteiger partial charge in [0.15, 0.2) is 0 Å². The maximum atomic E-state index is 11.0. The standard InChI is InChI=1S/C15H24N2O2S/c1-11(2)15-16-12(9-14(18)19)13(20-15)10-17-7-5-3-4-6-8-17/h11H,3-10H2,1-2H3,(H,18,19). The molecule has 2 rings (SSSR count). The van der Waals surface area contributed by atoms with Crippen LogP contribution in [0.1, 0.15) is 61.0 Å². The third-order valence-electron chi connectivity index (χ3n) is 3.67. The number of nitrogens with zero attached hydrogens (tertiary/aromatic N) is 2. The number of carboxylic acid groups (broad SMARTS) is 1. The van der Waals surface area contributed by atoms with Crippen LogP contribution < -0.4 is 0 Å². The second kappa shape index (κ2) is 7.18. The molecule has 0 aromatic carbocycles. The van der Waals surface area contributed by atoms with Crippen LogP contribution in [0.4, 0.5) is 0 Å². The number of aliphatic carboxylic acids is 1. The van der Waals surface area contributed by atoms with Crippen molar-refractivity contribution >= 4 is 17.3 Å². The van der Waals surface area contributed by atoms with Gasteiger partial charge in [-0.25, -0.2) is 4.98 Å². The van der Waals surface area contributed by atoms with Crippen LogP contribution in [0, 0.1) is 0 Å². The molecule has 0 spiro atoms. The molecule has 1 fully saturated rings. The lowest BCUT2D eigenvalue weighted by molar-refractivity contribution is -0.136. The number of carbonyl (C=O) groups is 1. The Morgan fingerprint density at radius 1 is 1.30 bits per heavy atom. The van der Waals surface area contributed by atoms with E-state index in [0.717, 1.165) is 35.2 Å². The van der Waals surface area contributed by atoms with E-state index in [9.17, 15) is 4.79 Å². The number of hydrogen-bond acceptors (Lipinski definition) is 4. The maximum Gasteiger partial charge on any atom is 0.309 e. The van der Waals surface area contributed by atoms with Gasteiger partial charge in [-0.3, -0.25) is 9.69 Å². The molecule has 0 unspecified atom stereocenters. The Morgan fingerprint density at radius 2 is 1.95 bits per heavy atom. The van der Waals surface area contributed by atoms with E-state index < -0.39 is 5.97 Å². The minimum Gasteiger partial charge on any atom is -0.481 e. The first kappa shape index (κ1) is 15.4. The summed E-state index contributed by atoms with van der Waals surface area (Å²) in [5, 5.41) is 10.1. The number of likely N-dealkylation sites (tertiary alicyclic amines) is 1. The van der Waals surface area contributed by atoms with Crippen molar-refractivity contribution in [2.75, 3.05) is 13.1 Å². The molecular formula is C15H24N2O2S. The molecule has 0 saturated carbocycles.